The van der Waals surface area contributed by atoms with E-state index in [-0.39, 0.29) is 24.5 Å². The number of hydrogen-bond donors (Lipinski definition) is 1. The minimum absolute atomic E-state index is 0.0882. The maximum absolute atomic E-state index is 12.8. The summed E-state index contributed by atoms with van der Waals surface area (Å²) in [5.74, 6) is -0.771. The van der Waals surface area contributed by atoms with E-state index < -0.39 is 34.0 Å². The first-order valence-corrected chi connectivity index (χ1v) is 10.8. The maximum atomic E-state index is 12.8. The van der Waals surface area contributed by atoms with Gasteiger partial charge < -0.3 is 14.6 Å². The summed E-state index contributed by atoms with van der Waals surface area (Å²) in [5, 5.41) is 6.14. The number of sulfonamides is 1. The number of aryl methyl sites for hydroxylation is 1. The zero-order valence-corrected chi connectivity index (χ0v) is 17.2. The molecule has 156 valence electrons. The second-order valence-corrected chi connectivity index (χ2v) is 9.04. The SMILES string of the molecule is CCS(=O)(=O)N1Cc2ccccc2C[C@@H]1C(=O)O[C@@H](C)C(=O)Nc1cc(C)on1. The van der Waals surface area contributed by atoms with E-state index in [4.69, 9.17) is 9.26 Å². The number of carbonyl (C=O) groups excluding carboxylic acids is 2. The van der Waals surface area contributed by atoms with Gasteiger partial charge in [-0.25, -0.2) is 8.42 Å². The molecular formula is C19H23N3O6S. The summed E-state index contributed by atoms with van der Waals surface area (Å²) in [4.78, 5) is 25.1. The number of nitrogens with zero attached hydrogens (tertiary/aromatic N) is 2. The number of aromatic nitrogens is 1. The van der Waals surface area contributed by atoms with Gasteiger partial charge in [0.1, 0.15) is 11.8 Å². The number of esters is 1. The zero-order valence-electron chi connectivity index (χ0n) is 16.4. The number of fused-ring (bicyclic) bond motifs is 1. The molecule has 0 spiro atoms. The van der Waals surface area contributed by atoms with Gasteiger partial charge in [-0.15, -0.1) is 0 Å². The molecule has 0 fully saturated rings. The lowest BCUT2D eigenvalue weighted by Gasteiger charge is -2.34. The molecule has 0 radical (unpaired) electrons. The van der Waals surface area contributed by atoms with Gasteiger partial charge in [0.15, 0.2) is 11.9 Å². The molecule has 0 bridgehead atoms. The van der Waals surface area contributed by atoms with Crippen molar-refractivity contribution in [1.82, 2.24) is 9.46 Å². The van der Waals surface area contributed by atoms with Crippen LogP contribution in [0.1, 0.15) is 30.7 Å². The predicted octanol–water partition coefficient (Wildman–Crippen LogP) is 1.63. The maximum Gasteiger partial charge on any atom is 0.325 e. The Balaban J connectivity index is 1.75. The molecule has 1 N–H and O–H groups in total. The number of nitrogens with one attached hydrogen (secondary N) is 1. The highest BCUT2D eigenvalue weighted by Gasteiger charge is 2.39. The fourth-order valence-corrected chi connectivity index (χ4v) is 4.33. The van der Waals surface area contributed by atoms with Crippen molar-refractivity contribution in [3.05, 3.63) is 47.2 Å². The topological polar surface area (TPSA) is 119 Å². The van der Waals surface area contributed by atoms with Crippen molar-refractivity contribution in [3.8, 4) is 0 Å². The van der Waals surface area contributed by atoms with Crippen LogP contribution in [0, 0.1) is 6.92 Å². The summed E-state index contributed by atoms with van der Waals surface area (Å²) >= 11 is 0. The summed E-state index contributed by atoms with van der Waals surface area (Å²) < 4.78 is 36.5. The van der Waals surface area contributed by atoms with E-state index in [2.05, 4.69) is 10.5 Å². The fourth-order valence-electron chi connectivity index (χ4n) is 3.12. The van der Waals surface area contributed by atoms with E-state index in [9.17, 15) is 18.0 Å². The van der Waals surface area contributed by atoms with Gasteiger partial charge in [0, 0.05) is 19.0 Å². The molecule has 0 saturated heterocycles. The number of benzene rings is 1. The first kappa shape index (κ1) is 21.0. The van der Waals surface area contributed by atoms with Crippen LogP contribution in [0.4, 0.5) is 5.82 Å². The third kappa shape index (κ3) is 4.65. The first-order chi connectivity index (χ1) is 13.7. The highest BCUT2D eigenvalue weighted by Crippen LogP contribution is 2.27. The molecule has 0 saturated carbocycles. The van der Waals surface area contributed by atoms with Crippen molar-refractivity contribution in [2.24, 2.45) is 0 Å². The van der Waals surface area contributed by atoms with Crippen LogP contribution in [-0.2, 0) is 37.3 Å². The van der Waals surface area contributed by atoms with Crippen LogP contribution in [0.3, 0.4) is 0 Å². The van der Waals surface area contributed by atoms with Gasteiger partial charge >= 0.3 is 5.97 Å². The molecule has 9 nitrogen and oxygen atoms in total. The number of rotatable bonds is 6. The Hall–Kier alpha value is -2.72. The van der Waals surface area contributed by atoms with E-state index in [1.165, 1.54) is 19.9 Å². The van der Waals surface area contributed by atoms with Crippen LogP contribution in [0.5, 0.6) is 0 Å². The van der Waals surface area contributed by atoms with Crippen LogP contribution in [0.2, 0.25) is 0 Å². The lowest BCUT2D eigenvalue weighted by atomic mass is 9.96. The molecular weight excluding hydrogens is 398 g/mol. The molecule has 1 aromatic carbocycles. The molecule has 1 amide bonds. The quantitative estimate of drug-likeness (QED) is 0.704. The van der Waals surface area contributed by atoms with Crippen molar-refractivity contribution in [2.45, 2.75) is 45.9 Å². The highest BCUT2D eigenvalue weighted by atomic mass is 32.2. The van der Waals surface area contributed by atoms with Crippen LogP contribution in [0.15, 0.2) is 34.9 Å². The standard InChI is InChI=1S/C19H23N3O6S/c1-4-29(25,26)22-11-15-8-6-5-7-14(15)10-16(22)19(24)27-13(3)18(23)20-17-9-12(2)28-21-17/h5-9,13,16H,4,10-11H2,1-3H3,(H,20,21,23)/t13-,16+/m0/s1. The van der Waals surface area contributed by atoms with E-state index >= 15 is 0 Å². The van der Waals surface area contributed by atoms with Gasteiger partial charge in [0.2, 0.25) is 10.0 Å². The summed E-state index contributed by atoms with van der Waals surface area (Å²) in [6.07, 6.45) is -0.951. The number of anilines is 1. The molecule has 0 unspecified atom stereocenters. The average Bonchev–Trinajstić information content (AvgIpc) is 3.11. The second kappa shape index (κ2) is 8.34. The Morgan fingerprint density at radius 2 is 2.03 bits per heavy atom. The monoisotopic (exact) mass is 421 g/mol. The van der Waals surface area contributed by atoms with Crippen LogP contribution in [0.25, 0.3) is 0 Å². The van der Waals surface area contributed by atoms with Crippen molar-refractivity contribution in [1.29, 1.82) is 0 Å². The van der Waals surface area contributed by atoms with Crippen molar-refractivity contribution in [2.75, 3.05) is 11.1 Å². The van der Waals surface area contributed by atoms with Crippen molar-refractivity contribution < 1.29 is 27.3 Å². The van der Waals surface area contributed by atoms with E-state index in [1.807, 2.05) is 24.3 Å². The smallest absolute Gasteiger partial charge is 0.325 e. The lowest BCUT2D eigenvalue weighted by Crippen LogP contribution is -2.50. The fraction of sp³-hybridized carbons (Fsp3) is 0.421. The molecule has 2 heterocycles. The molecule has 1 aromatic heterocycles. The minimum Gasteiger partial charge on any atom is -0.451 e. The van der Waals surface area contributed by atoms with Crippen molar-refractivity contribution >= 4 is 27.7 Å². The summed E-state index contributed by atoms with van der Waals surface area (Å²) in [6.45, 7) is 4.70. The first-order valence-electron chi connectivity index (χ1n) is 9.22. The number of ether oxygens (including phenoxy) is 1. The zero-order chi connectivity index (χ0) is 21.2. The van der Waals surface area contributed by atoms with Gasteiger partial charge in [0.25, 0.3) is 5.91 Å². The predicted molar refractivity (Wildman–Crippen MR) is 104 cm³/mol. The molecule has 2 aromatic rings. The van der Waals surface area contributed by atoms with Crippen LogP contribution >= 0.6 is 0 Å². The molecule has 0 aliphatic carbocycles. The molecule has 3 rings (SSSR count). The Bertz CT molecular complexity index is 1020. The highest BCUT2D eigenvalue weighted by molar-refractivity contribution is 7.89. The van der Waals surface area contributed by atoms with E-state index in [0.29, 0.717) is 5.76 Å². The van der Waals surface area contributed by atoms with Gasteiger partial charge in [-0.3, -0.25) is 9.59 Å². The van der Waals surface area contributed by atoms with Gasteiger partial charge in [-0.05, 0) is 31.9 Å². The van der Waals surface area contributed by atoms with E-state index in [0.717, 1.165) is 15.4 Å². The normalized spacial score (nSPS) is 18.0. The minimum atomic E-state index is -3.65. The molecule has 1 aliphatic rings. The van der Waals surface area contributed by atoms with Gasteiger partial charge in [-0.2, -0.15) is 4.31 Å². The molecule has 10 heteroatoms. The number of amides is 1. The summed E-state index contributed by atoms with van der Waals surface area (Å²) in [7, 11) is -3.65. The largest absolute Gasteiger partial charge is 0.451 e. The summed E-state index contributed by atoms with van der Waals surface area (Å²) in [6, 6.07) is 7.85. The Kier molecular flexibility index (Phi) is 6.04. The van der Waals surface area contributed by atoms with Gasteiger partial charge in [0.05, 0.1) is 5.75 Å². The average molecular weight is 421 g/mol. The van der Waals surface area contributed by atoms with Gasteiger partial charge in [-0.1, -0.05) is 29.4 Å². The number of hydrogen-bond acceptors (Lipinski definition) is 7. The Morgan fingerprint density at radius 3 is 2.66 bits per heavy atom. The Morgan fingerprint density at radius 1 is 1.34 bits per heavy atom. The van der Waals surface area contributed by atoms with Crippen LogP contribution < -0.4 is 5.32 Å². The second-order valence-electron chi connectivity index (χ2n) is 6.83. The summed E-state index contributed by atoms with van der Waals surface area (Å²) in [5.41, 5.74) is 1.73. The lowest BCUT2D eigenvalue weighted by molar-refractivity contribution is -0.157. The molecule has 2 atom stereocenters. The molecule has 1 aliphatic heterocycles. The third-order valence-electron chi connectivity index (χ3n) is 4.74. The Labute approximate surface area is 169 Å². The van der Waals surface area contributed by atoms with Crippen LogP contribution in [-0.4, -0.2) is 47.7 Å². The van der Waals surface area contributed by atoms with E-state index in [1.54, 1.807) is 6.92 Å². The molecule has 29 heavy (non-hydrogen) atoms. The third-order valence-corrected chi connectivity index (χ3v) is 6.57. The number of carbonyl (C=O) groups is 2. The van der Waals surface area contributed by atoms with Crippen molar-refractivity contribution in [3.63, 3.8) is 0 Å².